The molecule has 0 unspecified atom stereocenters. The average molecular weight is 251 g/mol. The van der Waals surface area contributed by atoms with Crippen molar-refractivity contribution in [2.75, 3.05) is 5.32 Å². The second-order valence-electron chi connectivity index (χ2n) is 3.69. The number of nitrogens with zero attached hydrogens (tertiary/aromatic N) is 2. The quantitative estimate of drug-likeness (QED) is 0.849. The fourth-order valence-corrected chi connectivity index (χ4v) is 2.41. The summed E-state index contributed by atoms with van der Waals surface area (Å²) < 4.78 is 1.73. The minimum absolute atomic E-state index is 0.0948. The third kappa shape index (κ3) is 3.32. The van der Waals surface area contributed by atoms with Crippen LogP contribution < -0.4 is 5.32 Å². The molecule has 2 aromatic rings. The van der Waals surface area contributed by atoms with E-state index in [1.54, 1.807) is 10.9 Å². The van der Waals surface area contributed by atoms with E-state index in [1.807, 2.05) is 25.4 Å². The van der Waals surface area contributed by atoms with Gasteiger partial charge in [0.25, 0.3) is 0 Å². The molecule has 17 heavy (non-hydrogen) atoms. The lowest BCUT2D eigenvalue weighted by atomic mass is 10.3. The molecule has 2 rings (SSSR count). The maximum Gasteiger partial charge on any atom is 0.308 e. The largest absolute Gasteiger partial charge is 0.481 e. The molecule has 2 heterocycles. The van der Waals surface area contributed by atoms with Gasteiger partial charge in [-0.25, -0.2) is 0 Å². The molecule has 0 aliphatic heterocycles. The molecule has 0 amide bonds. The van der Waals surface area contributed by atoms with Crippen LogP contribution in [0.5, 0.6) is 0 Å². The van der Waals surface area contributed by atoms with E-state index in [0.29, 0.717) is 6.54 Å². The lowest BCUT2D eigenvalue weighted by Gasteiger charge is -1.99. The zero-order valence-electron chi connectivity index (χ0n) is 9.38. The highest BCUT2D eigenvalue weighted by atomic mass is 32.1. The normalized spacial score (nSPS) is 10.4. The van der Waals surface area contributed by atoms with Crippen molar-refractivity contribution in [2.45, 2.75) is 13.0 Å². The SMILES string of the molecule is Cn1cc(NCc2ccc(CC(=O)O)s2)cn1. The molecule has 0 bridgehead atoms. The van der Waals surface area contributed by atoms with Gasteiger partial charge in [-0.3, -0.25) is 9.48 Å². The Bertz CT molecular complexity index is 518. The number of hydrogen-bond acceptors (Lipinski definition) is 4. The number of carboxylic acids is 1. The lowest BCUT2D eigenvalue weighted by molar-refractivity contribution is -0.136. The summed E-state index contributed by atoms with van der Waals surface area (Å²) in [6.45, 7) is 0.690. The third-order valence-electron chi connectivity index (χ3n) is 2.21. The molecule has 0 spiro atoms. The molecular weight excluding hydrogens is 238 g/mol. The maximum atomic E-state index is 10.5. The van der Waals surface area contributed by atoms with E-state index in [2.05, 4.69) is 10.4 Å². The number of aromatic nitrogens is 2. The number of rotatable bonds is 5. The molecule has 0 aromatic carbocycles. The van der Waals surface area contributed by atoms with Crippen molar-refractivity contribution in [3.8, 4) is 0 Å². The summed E-state index contributed by atoms with van der Waals surface area (Å²) in [5.74, 6) is -0.793. The monoisotopic (exact) mass is 251 g/mol. The van der Waals surface area contributed by atoms with Crippen molar-refractivity contribution >= 4 is 23.0 Å². The van der Waals surface area contributed by atoms with Crippen LogP contribution in [0.15, 0.2) is 24.5 Å². The van der Waals surface area contributed by atoms with E-state index in [-0.39, 0.29) is 6.42 Å². The summed E-state index contributed by atoms with van der Waals surface area (Å²) in [4.78, 5) is 12.5. The van der Waals surface area contributed by atoms with Crippen molar-refractivity contribution in [3.05, 3.63) is 34.3 Å². The van der Waals surface area contributed by atoms with Gasteiger partial charge in [0.1, 0.15) is 0 Å². The molecule has 0 atom stereocenters. The highest BCUT2D eigenvalue weighted by Crippen LogP contribution is 2.18. The van der Waals surface area contributed by atoms with Gasteiger partial charge in [0, 0.05) is 29.5 Å². The van der Waals surface area contributed by atoms with E-state index in [4.69, 9.17) is 5.11 Å². The number of aliphatic carboxylic acids is 1. The number of hydrogen-bond donors (Lipinski definition) is 2. The Kier molecular flexibility index (Phi) is 3.43. The Hall–Kier alpha value is -1.82. The molecule has 0 fully saturated rings. The van der Waals surface area contributed by atoms with E-state index < -0.39 is 5.97 Å². The van der Waals surface area contributed by atoms with Crippen LogP contribution in [0, 0.1) is 0 Å². The Morgan fingerprint density at radius 2 is 2.29 bits per heavy atom. The predicted molar refractivity (Wildman–Crippen MR) is 66.2 cm³/mol. The fourth-order valence-electron chi connectivity index (χ4n) is 1.46. The molecular formula is C11H13N3O2S. The van der Waals surface area contributed by atoms with Crippen molar-refractivity contribution in [2.24, 2.45) is 7.05 Å². The number of thiophene rings is 1. The molecule has 0 radical (unpaired) electrons. The molecule has 0 saturated heterocycles. The molecule has 2 aromatic heterocycles. The van der Waals surface area contributed by atoms with Crippen LogP contribution >= 0.6 is 11.3 Å². The van der Waals surface area contributed by atoms with Crippen molar-refractivity contribution < 1.29 is 9.90 Å². The first-order valence-corrected chi connectivity index (χ1v) is 5.97. The molecule has 2 N–H and O–H groups in total. The maximum absolute atomic E-state index is 10.5. The number of carbonyl (C=O) groups is 1. The van der Waals surface area contributed by atoms with Crippen LogP contribution in [-0.2, 0) is 24.8 Å². The van der Waals surface area contributed by atoms with Crippen molar-refractivity contribution in [3.63, 3.8) is 0 Å². The number of nitrogens with one attached hydrogen (secondary N) is 1. The van der Waals surface area contributed by atoms with Crippen LogP contribution in [0.1, 0.15) is 9.75 Å². The van der Waals surface area contributed by atoms with Gasteiger partial charge in [-0.2, -0.15) is 5.10 Å². The molecule has 0 aliphatic rings. The lowest BCUT2D eigenvalue weighted by Crippen LogP contribution is -1.97. The molecule has 90 valence electrons. The Morgan fingerprint density at radius 1 is 1.53 bits per heavy atom. The first-order valence-electron chi connectivity index (χ1n) is 5.15. The van der Waals surface area contributed by atoms with Crippen LogP contribution in [0.2, 0.25) is 0 Å². The number of anilines is 1. The second-order valence-corrected chi connectivity index (χ2v) is 4.95. The summed E-state index contributed by atoms with van der Waals surface area (Å²) in [5.41, 5.74) is 0.959. The van der Waals surface area contributed by atoms with Gasteiger partial charge in [0.15, 0.2) is 0 Å². The van der Waals surface area contributed by atoms with E-state index >= 15 is 0 Å². The average Bonchev–Trinajstić information content (AvgIpc) is 2.84. The van der Waals surface area contributed by atoms with Gasteiger partial charge < -0.3 is 10.4 Å². The highest BCUT2D eigenvalue weighted by molar-refractivity contribution is 7.12. The smallest absolute Gasteiger partial charge is 0.308 e. The van der Waals surface area contributed by atoms with Crippen LogP contribution in [0.4, 0.5) is 5.69 Å². The standard InChI is InChI=1S/C11H13N3O2S/c1-14-7-8(5-13-14)12-6-10-3-2-9(17-10)4-11(15)16/h2-3,5,7,12H,4,6H2,1H3,(H,15,16). The zero-order valence-corrected chi connectivity index (χ0v) is 10.2. The predicted octanol–water partition coefficient (Wildman–Crippen LogP) is 1.72. The fraction of sp³-hybridized carbons (Fsp3) is 0.273. The second kappa shape index (κ2) is 5.01. The van der Waals surface area contributed by atoms with Crippen LogP contribution in [-0.4, -0.2) is 20.9 Å². The highest BCUT2D eigenvalue weighted by Gasteiger charge is 2.04. The van der Waals surface area contributed by atoms with Gasteiger partial charge >= 0.3 is 5.97 Å². The van der Waals surface area contributed by atoms with Crippen molar-refractivity contribution in [1.29, 1.82) is 0 Å². The molecule has 6 heteroatoms. The van der Waals surface area contributed by atoms with E-state index in [9.17, 15) is 4.79 Å². The minimum Gasteiger partial charge on any atom is -0.481 e. The van der Waals surface area contributed by atoms with Gasteiger partial charge in [-0.05, 0) is 12.1 Å². The van der Waals surface area contributed by atoms with Gasteiger partial charge in [-0.1, -0.05) is 0 Å². The number of carboxylic acid groups (broad SMARTS) is 1. The zero-order chi connectivity index (χ0) is 12.3. The third-order valence-corrected chi connectivity index (χ3v) is 3.30. The Morgan fingerprint density at radius 3 is 2.94 bits per heavy atom. The number of aryl methyl sites for hydroxylation is 1. The summed E-state index contributed by atoms with van der Waals surface area (Å²) in [6, 6.07) is 3.81. The molecule has 5 nitrogen and oxygen atoms in total. The van der Waals surface area contributed by atoms with Crippen LogP contribution in [0.3, 0.4) is 0 Å². The Labute approximate surface area is 103 Å². The van der Waals surface area contributed by atoms with E-state index in [0.717, 1.165) is 15.4 Å². The summed E-state index contributed by atoms with van der Waals surface area (Å²) in [7, 11) is 1.86. The van der Waals surface area contributed by atoms with Gasteiger partial charge in [0.05, 0.1) is 18.3 Å². The topological polar surface area (TPSA) is 67.2 Å². The van der Waals surface area contributed by atoms with Crippen molar-refractivity contribution in [1.82, 2.24) is 9.78 Å². The first-order chi connectivity index (χ1) is 8.13. The molecule has 0 saturated carbocycles. The molecule has 0 aliphatic carbocycles. The van der Waals surface area contributed by atoms with Gasteiger partial charge in [0.2, 0.25) is 0 Å². The van der Waals surface area contributed by atoms with Gasteiger partial charge in [-0.15, -0.1) is 11.3 Å². The minimum atomic E-state index is -0.793. The Balaban J connectivity index is 1.91. The first kappa shape index (κ1) is 11.7. The van der Waals surface area contributed by atoms with Crippen LogP contribution in [0.25, 0.3) is 0 Å². The summed E-state index contributed by atoms with van der Waals surface area (Å²) in [5, 5.41) is 15.9. The van der Waals surface area contributed by atoms with E-state index in [1.165, 1.54) is 11.3 Å². The summed E-state index contributed by atoms with van der Waals surface area (Å²) >= 11 is 1.52. The summed E-state index contributed by atoms with van der Waals surface area (Å²) in [6.07, 6.45) is 3.75.